The van der Waals surface area contributed by atoms with Gasteiger partial charge in [-0.2, -0.15) is 5.10 Å². The first-order valence-electron chi connectivity index (χ1n) is 9.54. The van der Waals surface area contributed by atoms with E-state index in [2.05, 4.69) is 20.4 Å². The smallest absolute Gasteiger partial charge is 0.262 e. The maximum absolute atomic E-state index is 12.7. The predicted octanol–water partition coefficient (Wildman–Crippen LogP) is 5.51. The molecule has 5 rings (SSSR count). The number of halogens is 1. The van der Waals surface area contributed by atoms with Gasteiger partial charge in [-0.3, -0.25) is 15.1 Å². The van der Waals surface area contributed by atoms with Crippen molar-refractivity contribution in [3.63, 3.8) is 0 Å². The molecule has 5 aromatic rings. The zero-order valence-electron chi connectivity index (χ0n) is 16.2. The molecule has 3 heterocycles. The highest BCUT2D eigenvalue weighted by Crippen LogP contribution is 2.27. The zero-order chi connectivity index (χ0) is 21.2. The number of hydrogen-bond donors (Lipinski definition) is 1. The molecule has 0 aliphatic rings. The van der Waals surface area contributed by atoms with Gasteiger partial charge in [0.2, 0.25) is 0 Å². The quantitative estimate of drug-likeness (QED) is 0.387. The first-order valence-corrected chi connectivity index (χ1v) is 10.8. The van der Waals surface area contributed by atoms with Crippen LogP contribution in [0.25, 0.3) is 22.2 Å². The van der Waals surface area contributed by atoms with Gasteiger partial charge in [-0.25, -0.2) is 9.67 Å². The van der Waals surface area contributed by atoms with Crippen LogP contribution < -0.4 is 5.32 Å². The third-order valence-corrected chi connectivity index (χ3v) is 5.97. The molecule has 0 spiro atoms. The fraction of sp³-hybridized carbons (Fsp3) is 0.0435. The fourth-order valence-electron chi connectivity index (χ4n) is 3.23. The Hall–Kier alpha value is -3.55. The van der Waals surface area contributed by atoms with Crippen LogP contribution in [0.4, 0.5) is 5.13 Å². The van der Waals surface area contributed by atoms with Gasteiger partial charge < -0.3 is 0 Å². The molecule has 2 aromatic carbocycles. The van der Waals surface area contributed by atoms with Gasteiger partial charge in [0.15, 0.2) is 5.13 Å². The van der Waals surface area contributed by atoms with Crippen molar-refractivity contribution in [3.8, 4) is 11.4 Å². The summed E-state index contributed by atoms with van der Waals surface area (Å²) in [6, 6.07) is 19.8. The number of benzene rings is 2. The summed E-state index contributed by atoms with van der Waals surface area (Å²) in [7, 11) is 0. The number of aromatic nitrogens is 4. The summed E-state index contributed by atoms with van der Waals surface area (Å²) >= 11 is 7.74. The van der Waals surface area contributed by atoms with E-state index in [4.69, 9.17) is 11.6 Å². The maximum atomic E-state index is 12.7. The van der Waals surface area contributed by atoms with Gasteiger partial charge >= 0.3 is 0 Å². The Bertz CT molecular complexity index is 1380. The fourth-order valence-corrected chi connectivity index (χ4v) is 4.16. The second kappa shape index (κ2) is 8.29. The average molecular weight is 446 g/mol. The molecule has 31 heavy (non-hydrogen) atoms. The van der Waals surface area contributed by atoms with Gasteiger partial charge in [0.05, 0.1) is 24.0 Å². The molecule has 0 bridgehead atoms. The summed E-state index contributed by atoms with van der Waals surface area (Å²) < 4.78 is 1.60. The Morgan fingerprint density at radius 1 is 1.00 bits per heavy atom. The summed E-state index contributed by atoms with van der Waals surface area (Å²) in [4.78, 5) is 21.7. The van der Waals surface area contributed by atoms with E-state index in [9.17, 15) is 4.79 Å². The molecule has 0 atom stereocenters. The highest BCUT2D eigenvalue weighted by Gasteiger charge is 2.18. The number of nitrogens with one attached hydrogen (secondary N) is 1. The number of rotatable bonds is 5. The van der Waals surface area contributed by atoms with Crippen LogP contribution in [0.1, 0.15) is 15.9 Å². The Labute approximate surface area is 187 Å². The van der Waals surface area contributed by atoms with Crippen LogP contribution in [0.3, 0.4) is 0 Å². The SMILES string of the molecule is O=C(Nc1nc(-c2cc3ccccc3cn2)cs1)c1cnn(Cc2ccccc2)c1Cl. The Kier molecular flexibility index (Phi) is 5.19. The molecule has 6 nitrogen and oxygen atoms in total. The topological polar surface area (TPSA) is 72.7 Å². The molecule has 0 saturated carbocycles. The van der Waals surface area contributed by atoms with E-state index in [-0.39, 0.29) is 11.1 Å². The molecular formula is C23H16ClN5OS. The second-order valence-electron chi connectivity index (χ2n) is 6.90. The minimum absolute atomic E-state index is 0.286. The van der Waals surface area contributed by atoms with Crippen LogP contribution in [0.5, 0.6) is 0 Å². The summed E-state index contributed by atoms with van der Waals surface area (Å²) in [5, 5.41) is 11.8. The molecule has 0 radical (unpaired) electrons. The minimum Gasteiger partial charge on any atom is -0.298 e. The van der Waals surface area contributed by atoms with Crippen LogP contribution >= 0.6 is 22.9 Å². The Balaban J connectivity index is 1.33. The van der Waals surface area contributed by atoms with Crippen molar-refractivity contribution in [1.82, 2.24) is 19.7 Å². The molecule has 152 valence electrons. The number of carbonyl (C=O) groups excluding carboxylic acids is 1. The molecule has 0 saturated heterocycles. The van der Waals surface area contributed by atoms with Gasteiger partial charge in [-0.05, 0) is 17.0 Å². The lowest BCUT2D eigenvalue weighted by molar-refractivity contribution is 0.102. The normalized spacial score (nSPS) is 11.0. The van der Waals surface area contributed by atoms with Gasteiger partial charge in [-0.1, -0.05) is 66.2 Å². The maximum Gasteiger partial charge on any atom is 0.262 e. The van der Waals surface area contributed by atoms with E-state index >= 15 is 0 Å². The molecule has 3 aromatic heterocycles. The molecule has 0 fully saturated rings. The average Bonchev–Trinajstić information content (AvgIpc) is 3.41. The zero-order valence-corrected chi connectivity index (χ0v) is 17.8. The van der Waals surface area contributed by atoms with Crippen LogP contribution in [0.15, 0.2) is 78.4 Å². The number of thiazole rings is 1. The molecule has 1 N–H and O–H groups in total. The van der Waals surface area contributed by atoms with Gasteiger partial charge in [0.25, 0.3) is 5.91 Å². The van der Waals surface area contributed by atoms with Crippen LogP contribution in [-0.2, 0) is 6.54 Å². The van der Waals surface area contributed by atoms with Crippen molar-refractivity contribution in [3.05, 3.63) is 94.7 Å². The lowest BCUT2D eigenvalue weighted by Gasteiger charge is -2.04. The van der Waals surface area contributed by atoms with Crippen LogP contribution in [-0.4, -0.2) is 25.7 Å². The minimum atomic E-state index is -0.350. The highest BCUT2D eigenvalue weighted by molar-refractivity contribution is 7.14. The number of amides is 1. The number of anilines is 1. The Morgan fingerprint density at radius 3 is 2.61 bits per heavy atom. The highest BCUT2D eigenvalue weighted by atomic mass is 35.5. The number of pyridine rings is 1. The number of hydrogen-bond acceptors (Lipinski definition) is 5. The largest absolute Gasteiger partial charge is 0.298 e. The summed E-state index contributed by atoms with van der Waals surface area (Å²) in [6.07, 6.45) is 3.29. The van der Waals surface area contributed by atoms with Crippen molar-refractivity contribution in [1.29, 1.82) is 0 Å². The molecule has 0 unspecified atom stereocenters. The van der Waals surface area contributed by atoms with E-state index in [1.807, 2.05) is 72.2 Å². The third-order valence-electron chi connectivity index (χ3n) is 4.81. The van der Waals surface area contributed by atoms with Crippen molar-refractivity contribution in [2.45, 2.75) is 6.54 Å². The van der Waals surface area contributed by atoms with E-state index < -0.39 is 0 Å². The molecule has 1 amide bonds. The van der Waals surface area contributed by atoms with Gasteiger partial charge in [0, 0.05) is 17.0 Å². The van der Waals surface area contributed by atoms with E-state index in [0.29, 0.717) is 22.9 Å². The number of fused-ring (bicyclic) bond motifs is 1. The van der Waals surface area contributed by atoms with Crippen molar-refractivity contribution in [2.24, 2.45) is 0 Å². The summed E-state index contributed by atoms with van der Waals surface area (Å²) in [6.45, 7) is 0.488. The second-order valence-corrected chi connectivity index (χ2v) is 8.12. The van der Waals surface area contributed by atoms with E-state index in [0.717, 1.165) is 22.0 Å². The monoisotopic (exact) mass is 445 g/mol. The summed E-state index contributed by atoms with van der Waals surface area (Å²) in [5.74, 6) is -0.350. The lowest BCUT2D eigenvalue weighted by atomic mass is 10.1. The predicted molar refractivity (Wildman–Crippen MR) is 124 cm³/mol. The van der Waals surface area contributed by atoms with Crippen molar-refractivity contribution >= 4 is 44.7 Å². The first kappa shape index (κ1) is 19.4. The van der Waals surface area contributed by atoms with Gasteiger partial charge in [-0.15, -0.1) is 11.3 Å². The first-order chi connectivity index (χ1) is 15.2. The number of nitrogens with zero attached hydrogens (tertiary/aromatic N) is 4. The van der Waals surface area contributed by atoms with Crippen LogP contribution in [0.2, 0.25) is 5.15 Å². The number of carbonyl (C=O) groups is 1. The standard InChI is InChI=1S/C23H16ClN5OS/c24-21-18(12-26-29(21)13-15-6-2-1-3-7-15)22(30)28-23-27-20(14-31-23)19-10-16-8-4-5-9-17(16)11-25-19/h1-12,14H,13H2,(H,27,28,30). The van der Waals surface area contributed by atoms with E-state index in [1.165, 1.54) is 17.5 Å². The molecule has 0 aliphatic heterocycles. The van der Waals surface area contributed by atoms with Crippen molar-refractivity contribution in [2.75, 3.05) is 5.32 Å². The molecule has 0 aliphatic carbocycles. The van der Waals surface area contributed by atoms with Gasteiger partial charge in [0.1, 0.15) is 10.8 Å². The van der Waals surface area contributed by atoms with Crippen molar-refractivity contribution < 1.29 is 4.79 Å². The van der Waals surface area contributed by atoms with Crippen LogP contribution in [0, 0.1) is 0 Å². The molecular weight excluding hydrogens is 430 g/mol. The Morgan fingerprint density at radius 2 is 1.77 bits per heavy atom. The van der Waals surface area contributed by atoms with E-state index in [1.54, 1.807) is 4.68 Å². The molecule has 8 heteroatoms. The lowest BCUT2D eigenvalue weighted by Crippen LogP contribution is -2.12. The third kappa shape index (κ3) is 4.05. The summed E-state index contributed by atoms with van der Waals surface area (Å²) in [5.41, 5.74) is 2.81.